The number of hydrogen-bond donors (Lipinski definition) is 0. The average Bonchev–Trinajstić information content (AvgIpc) is 2.45. The number of ether oxygens (including phenoxy) is 1. The highest BCUT2D eigenvalue weighted by Crippen LogP contribution is 2.30. The molecule has 6 heteroatoms. The lowest BCUT2D eigenvalue weighted by Gasteiger charge is -2.36. The topological polar surface area (TPSA) is 63.7 Å². The maximum Gasteiger partial charge on any atom is 0.340 e. The van der Waals surface area contributed by atoms with Crippen molar-refractivity contribution in [3.63, 3.8) is 0 Å². The molecule has 21 heavy (non-hydrogen) atoms. The van der Waals surface area contributed by atoms with E-state index in [0.29, 0.717) is 11.6 Å². The van der Waals surface area contributed by atoms with Gasteiger partial charge in [0, 0.05) is 18.8 Å². The van der Waals surface area contributed by atoms with Crippen LogP contribution in [0.15, 0.2) is 23.1 Å². The van der Waals surface area contributed by atoms with Gasteiger partial charge in [-0.1, -0.05) is 0 Å². The summed E-state index contributed by atoms with van der Waals surface area (Å²) in [7, 11) is -2.05. The molecule has 1 atom stereocenters. The van der Waals surface area contributed by atoms with Crippen LogP contribution in [-0.2, 0) is 14.6 Å². The number of methoxy groups -OCH3 is 1. The van der Waals surface area contributed by atoms with E-state index < -0.39 is 15.8 Å². The number of esters is 1. The normalized spacial score (nSPS) is 19.4. The van der Waals surface area contributed by atoms with Crippen LogP contribution >= 0.6 is 0 Å². The summed E-state index contributed by atoms with van der Waals surface area (Å²) in [5, 5.41) is 0. The number of piperidine rings is 1. The average molecular weight is 311 g/mol. The Kier molecular flexibility index (Phi) is 4.56. The Morgan fingerprint density at radius 3 is 2.62 bits per heavy atom. The molecule has 1 aliphatic rings. The van der Waals surface area contributed by atoms with Crippen LogP contribution in [-0.4, -0.2) is 40.3 Å². The molecule has 0 N–H and O–H groups in total. The molecule has 0 amide bonds. The van der Waals surface area contributed by atoms with Gasteiger partial charge in [-0.2, -0.15) is 0 Å². The summed E-state index contributed by atoms with van der Waals surface area (Å²) < 4.78 is 28.2. The highest BCUT2D eigenvalue weighted by atomic mass is 32.2. The van der Waals surface area contributed by atoms with E-state index in [1.807, 2.05) is 0 Å². The third-order valence-corrected chi connectivity index (χ3v) is 5.02. The molecule has 0 spiro atoms. The molecule has 1 unspecified atom stereocenters. The second-order valence-electron chi connectivity index (χ2n) is 5.48. The molecule has 0 aromatic heterocycles. The quantitative estimate of drug-likeness (QED) is 0.801. The first-order valence-corrected chi connectivity index (χ1v) is 8.93. The van der Waals surface area contributed by atoms with E-state index in [9.17, 15) is 13.2 Å². The minimum Gasteiger partial charge on any atom is -0.465 e. The maximum absolute atomic E-state index is 12.0. The Labute approximate surface area is 125 Å². The maximum atomic E-state index is 12.0. The number of nitrogens with zero attached hydrogens (tertiary/aromatic N) is 1. The number of rotatable bonds is 3. The van der Waals surface area contributed by atoms with Crippen molar-refractivity contribution in [3.05, 3.63) is 23.8 Å². The van der Waals surface area contributed by atoms with Gasteiger partial charge >= 0.3 is 5.97 Å². The summed E-state index contributed by atoms with van der Waals surface area (Å²) in [5.41, 5.74) is 1.07. The molecule has 116 valence electrons. The fraction of sp³-hybridized carbons (Fsp3) is 0.533. The van der Waals surface area contributed by atoms with E-state index in [0.717, 1.165) is 31.3 Å². The van der Waals surface area contributed by atoms with Gasteiger partial charge in [0.05, 0.1) is 23.3 Å². The molecule has 2 rings (SSSR count). The lowest BCUT2D eigenvalue weighted by Crippen LogP contribution is -2.38. The van der Waals surface area contributed by atoms with Gasteiger partial charge in [-0.15, -0.1) is 0 Å². The smallest absolute Gasteiger partial charge is 0.340 e. The summed E-state index contributed by atoms with van der Waals surface area (Å²) in [6.07, 6.45) is 4.44. The van der Waals surface area contributed by atoms with E-state index in [4.69, 9.17) is 4.74 Å². The monoisotopic (exact) mass is 311 g/mol. The zero-order valence-corrected chi connectivity index (χ0v) is 13.4. The molecular weight excluding hydrogens is 290 g/mol. The van der Waals surface area contributed by atoms with Gasteiger partial charge < -0.3 is 9.64 Å². The first kappa shape index (κ1) is 15.8. The third kappa shape index (κ3) is 3.37. The van der Waals surface area contributed by atoms with Crippen molar-refractivity contribution in [1.29, 1.82) is 0 Å². The minimum absolute atomic E-state index is 0.135. The van der Waals surface area contributed by atoms with Crippen molar-refractivity contribution in [2.24, 2.45) is 0 Å². The predicted molar refractivity (Wildman–Crippen MR) is 81.6 cm³/mol. The van der Waals surface area contributed by atoms with Crippen molar-refractivity contribution in [2.45, 2.75) is 37.1 Å². The number of carbonyl (C=O) groups is 1. The standard InChI is InChI=1S/C15H21NO4S/c1-11-6-4-5-9-16(11)14-8-7-12(21(3,18)19)10-13(14)15(17)20-2/h7-8,10-11H,4-6,9H2,1-3H3. The van der Waals surface area contributed by atoms with Crippen molar-refractivity contribution < 1.29 is 17.9 Å². The Morgan fingerprint density at radius 2 is 2.05 bits per heavy atom. The van der Waals surface area contributed by atoms with Gasteiger partial charge in [-0.3, -0.25) is 0 Å². The zero-order valence-electron chi connectivity index (χ0n) is 12.6. The van der Waals surface area contributed by atoms with Gasteiger partial charge in [-0.25, -0.2) is 13.2 Å². The highest BCUT2D eigenvalue weighted by Gasteiger charge is 2.25. The van der Waals surface area contributed by atoms with E-state index in [-0.39, 0.29) is 4.90 Å². The molecule has 1 fully saturated rings. The number of anilines is 1. The third-order valence-electron chi connectivity index (χ3n) is 3.91. The predicted octanol–water partition coefficient (Wildman–Crippen LogP) is 2.26. The molecular formula is C15H21NO4S. The molecule has 1 heterocycles. The number of sulfone groups is 1. The molecule has 0 aliphatic carbocycles. The SMILES string of the molecule is COC(=O)c1cc(S(C)(=O)=O)ccc1N1CCCCC1C. The fourth-order valence-electron chi connectivity index (χ4n) is 2.73. The molecule has 1 saturated heterocycles. The summed E-state index contributed by atoms with van der Waals surface area (Å²) in [4.78, 5) is 14.3. The Hall–Kier alpha value is -1.56. The lowest BCUT2D eigenvalue weighted by molar-refractivity contribution is 0.0601. The molecule has 1 aromatic rings. The fourth-order valence-corrected chi connectivity index (χ4v) is 3.37. The van der Waals surface area contributed by atoms with Crippen LogP contribution in [0.4, 0.5) is 5.69 Å². The lowest BCUT2D eigenvalue weighted by atomic mass is 10.0. The van der Waals surface area contributed by atoms with Crippen LogP contribution in [0.25, 0.3) is 0 Å². The summed E-state index contributed by atoms with van der Waals surface area (Å²) in [6, 6.07) is 5.01. The molecule has 1 aromatic carbocycles. The van der Waals surface area contributed by atoms with E-state index >= 15 is 0 Å². The largest absolute Gasteiger partial charge is 0.465 e. The molecule has 0 radical (unpaired) electrons. The van der Waals surface area contributed by atoms with E-state index in [2.05, 4.69) is 11.8 Å². The van der Waals surface area contributed by atoms with Gasteiger partial charge in [0.25, 0.3) is 0 Å². The molecule has 0 bridgehead atoms. The van der Waals surface area contributed by atoms with Crippen molar-refractivity contribution in [1.82, 2.24) is 0 Å². The Balaban J connectivity index is 2.52. The number of carbonyl (C=O) groups excluding carboxylic acids is 1. The van der Waals surface area contributed by atoms with Gasteiger partial charge in [0.1, 0.15) is 0 Å². The van der Waals surface area contributed by atoms with E-state index in [1.165, 1.54) is 19.6 Å². The van der Waals surface area contributed by atoms with Gasteiger partial charge in [0.2, 0.25) is 0 Å². The number of benzene rings is 1. The first-order valence-electron chi connectivity index (χ1n) is 7.03. The molecule has 1 aliphatic heterocycles. The van der Waals surface area contributed by atoms with E-state index in [1.54, 1.807) is 12.1 Å². The Bertz CT molecular complexity index is 639. The van der Waals surface area contributed by atoms with Crippen LogP contribution < -0.4 is 4.90 Å². The van der Waals surface area contributed by atoms with Crippen LogP contribution in [0.3, 0.4) is 0 Å². The second kappa shape index (κ2) is 6.05. The summed E-state index contributed by atoms with van der Waals surface area (Å²) in [5.74, 6) is -0.506. The van der Waals surface area contributed by atoms with Crippen LogP contribution in [0, 0.1) is 0 Å². The van der Waals surface area contributed by atoms with Crippen molar-refractivity contribution in [3.8, 4) is 0 Å². The number of hydrogen-bond acceptors (Lipinski definition) is 5. The van der Waals surface area contributed by atoms with Crippen molar-refractivity contribution >= 4 is 21.5 Å². The van der Waals surface area contributed by atoms with Crippen LogP contribution in [0.5, 0.6) is 0 Å². The zero-order chi connectivity index (χ0) is 15.6. The molecule has 5 nitrogen and oxygen atoms in total. The Morgan fingerprint density at radius 1 is 1.33 bits per heavy atom. The van der Waals surface area contributed by atoms with Gasteiger partial charge in [0.15, 0.2) is 9.84 Å². The van der Waals surface area contributed by atoms with Gasteiger partial charge in [-0.05, 0) is 44.4 Å². The van der Waals surface area contributed by atoms with Crippen LogP contribution in [0.1, 0.15) is 36.5 Å². The second-order valence-corrected chi connectivity index (χ2v) is 7.50. The minimum atomic E-state index is -3.35. The molecule has 0 saturated carbocycles. The summed E-state index contributed by atoms with van der Waals surface area (Å²) >= 11 is 0. The van der Waals surface area contributed by atoms with Crippen molar-refractivity contribution in [2.75, 3.05) is 24.8 Å². The van der Waals surface area contributed by atoms with Crippen LogP contribution in [0.2, 0.25) is 0 Å². The summed E-state index contributed by atoms with van der Waals surface area (Å²) in [6.45, 7) is 2.98. The highest BCUT2D eigenvalue weighted by molar-refractivity contribution is 7.90. The first-order chi connectivity index (χ1) is 9.84.